The molecule has 64 valence electrons. The van der Waals surface area contributed by atoms with Crippen molar-refractivity contribution in [1.82, 2.24) is 10.7 Å². The molecule has 6 N–H and O–H groups in total. The number of aliphatic hydroxyl groups excluding tert-OH is 2. The van der Waals surface area contributed by atoms with Crippen LogP contribution in [-0.2, 0) is 0 Å². The molecule has 0 aromatic rings. The second-order valence-electron chi connectivity index (χ2n) is 2.33. The van der Waals surface area contributed by atoms with Crippen molar-refractivity contribution in [3.05, 3.63) is 0 Å². The van der Waals surface area contributed by atoms with E-state index in [-0.39, 0.29) is 19.2 Å². The minimum atomic E-state index is -0.642. The van der Waals surface area contributed by atoms with Crippen molar-refractivity contribution in [3.8, 4) is 0 Å². The van der Waals surface area contributed by atoms with E-state index in [4.69, 9.17) is 10.9 Å². The molecule has 0 amide bonds. The smallest absolute Gasteiger partial charge is 0.206 e. The van der Waals surface area contributed by atoms with Crippen LogP contribution in [0.5, 0.6) is 0 Å². The van der Waals surface area contributed by atoms with E-state index in [1.807, 2.05) is 0 Å². The van der Waals surface area contributed by atoms with Gasteiger partial charge in [0.1, 0.15) is 0 Å². The Labute approximate surface area is 64.1 Å². The Hall–Kier alpha value is -0.850. The predicted octanol–water partition coefficient (Wildman–Crippen LogP) is -2.87. The number of nitrogens with two attached hydrogens (primary N) is 1. The third-order valence-electron chi connectivity index (χ3n) is 1.56. The minimum Gasteiger partial charge on any atom is -0.394 e. The SMILES string of the molecule is NNC1=NC[C@H](O)[C@@H](CO)N1. The van der Waals surface area contributed by atoms with Gasteiger partial charge in [0.05, 0.1) is 25.3 Å². The van der Waals surface area contributed by atoms with Gasteiger partial charge in [-0.3, -0.25) is 5.43 Å². The molecule has 0 unspecified atom stereocenters. The molecule has 6 heteroatoms. The van der Waals surface area contributed by atoms with Gasteiger partial charge in [0.15, 0.2) is 0 Å². The Morgan fingerprint density at radius 2 is 2.55 bits per heavy atom. The van der Waals surface area contributed by atoms with Crippen LogP contribution in [-0.4, -0.2) is 41.5 Å². The van der Waals surface area contributed by atoms with E-state index in [2.05, 4.69) is 15.7 Å². The number of hydrogen-bond donors (Lipinski definition) is 5. The summed E-state index contributed by atoms with van der Waals surface area (Å²) in [6, 6.07) is -0.376. The Kier molecular flexibility index (Phi) is 2.64. The van der Waals surface area contributed by atoms with Crippen LogP contribution in [0.1, 0.15) is 0 Å². The zero-order chi connectivity index (χ0) is 8.27. The molecule has 1 rings (SSSR count). The molecular weight excluding hydrogens is 148 g/mol. The molecule has 0 spiro atoms. The van der Waals surface area contributed by atoms with Crippen LogP contribution in [0.3, 0.4) is 0 Å². The molecule has 1 aliphatic heterocycles. The van der Waals surface area contributed by atoms with Gasteiger partial charge in [0, 0.05) is 0 Å². The molecule has 0 aliphatic carbocycles. The van der Waals surface area contributed by atoms with Gasteiger partial charge in [0.25, 0.3) is 0 Å². The van der Waals surface area contributed by atoms with Crippen molar-refractivity contribution < 1.29 is 10.2 Å². The van der Waals surface area contributed by atoms with Crippen molar-refractivity contribution in [3.63, 3.8) is 0 Å². The lowest BCUT2D eigenvalue weighted by Gasteiger charge is -2.26. The van der Waals surface area contributed by atoms with Crippen molar-refractivity contribution in [2.75, 3.05) is 13.2 Å². The molecule has 0 bridgehead atoms. The zero-order valence-electron chi connectivity index (χ0n) is 5.99. The topological polar surface area (TPSA) is 103 Å². The fourth-order valence-corrected chi connectivity index (χ4v) is 0.884. The Morgan fingerprint density at radius 1 is 1.82 bits per heavy atom. The number of nitrogens with one attached hydrogen (secondary N) is 2. The van der Waals surface area contributed by atoms with Crippen molar-refractivity contribution in [2.24, 2.45) is 10.8 Å². The first-order valence-corrected chi connectivity index (χ1v) is 3.34. The third kappa shape index (κ3) is 1.79. The number of hydrazine groups is 1. The minimum absolute atomic E-state index is 0.137. The molecule has 0 fully saturated rings. The van der Waals surface area contributed by atoms with Crippen LogP contribution in [0.25, 0.3) is 0 Å². The molecule has 11 heavy (non-hydrogen) atoms. The van der Waals surface area contributed by atoms with Crippen molar-refractivity contribution in [2.45, 2.75) is 12.1 Å². The van der Waals surface area contributed by atoms with Gasteiger partial charge in [-0.05, 0) is 0 Å². The lowest BCUT2D eigenvalue weighted by Crippen LogP contribution is -2.56. The van der Waals surface area contributed by atoms with Crippen LogP contribution < -0.4 is 16.6 Å². The summed E-state index contributed by atoms with van der Waals surface area (Å²) < 4.78 is 0. The first kappa shape index (κ1) is 8.25. The highest BCUT2D eigenvalue weighted by atomic mass is 16.3. The summed E-state index contributed by atoms with van der Waals surface area (Å²) in [5.74, 6) is 5.46. The number of aliphatic imine (C=N–C) groups is 1. The molecule has 2 atom stereocenters. The van der Waals surface area contributed by atoms with E-state index in [1.165, 1.54) is 0 Å². The Morgan fingerprint density at radius 3 is 3.09 bits per heavy atom. The summed E-state index contributed by atoms with van der Waals surface area (Å²) in [5, 5.41) is 20.6. The maximum absolute atomic E-state index is 9.18. The summed E-state index contributed by atoms with van der Waals surface area (Å²) in [6.07, 6.45) is -0.642. The highest BCUT2D eigenvalue weighted by Gasteiger charge is 2.22. The summed E-state index contributed by atoms with van der Waals surface area (Å²) in [4.78, 5) is 3.84. The average Bonchev–Trinajstić information content (AvgIpc) is 2.05. The fourth-order valence-electron chi connectivity index (χ4n) is 0.884. The van der Waals surface area contributed by atoms with E-state index < -0.39 is 6.10 Å². The van der Waals surface area contributed by atoms with Crippen LogP contribution >= 0.6 is 0 Å². The second-order valence-corrected chi connectivity index (χ2v) is 2.33. The van der Waals surface area contributed by atoms with Crippen LogP contribution in [0.4, 0.5) is 0 Å². The molecule has 0 aromatic heterocycles. The quantitative estimate of drug-likeness (QED) is 0.209. The number of rotatable bonds is 1. The lowest BCUT2D eigenvalue weighted by atomic mass is 10.1. The molecular formula is C5H12N4O2. The van der Waals surface area contributed by atoms with Gasteiger partial charge in [-0.25, -0.2) is 10.8 Å². The maximum atomic E-state index is 9.18. The van der Waals surface area contributed by atoms with Gasteiger partial charge in [-0.15, -0.1) is 0 Å². The Bertz CT molecular complexity index is 161. The molecule has 0 saturated heterocycles. The maximum Gasteiger partial charge on any atom is 0.206 e. The van der Waals surface area contributed by atoms with Crippen LogP contribution in [0, 0.1) is 0 Å². The van der Waals surface area contributed by atoms with Crippen molar-refractivity contribution in [1.29, 1.82) is 0 Å². The number of nitrogens with zero attached hydrogens (tertiary/aromatic N) is 1. The van der Waals surface area contributed by atoms with E-state index in [0.29, 0.717) is 5.96 Å². The van der Waals surface area contributed by atoms with Gasteiger partial charge >= 0.3 is 0 Å². The van der Waals surface area contributed by atoms with Crippen LogP contribution in [0.2, 0.25) is 0 Å². The zero-order valence-corrected chi connectivity index (χ0v) is 5.99. The largest absolute Gasteiger partial charge is 0.394 e. The van der Waals surface area contributed by atoms with Gasteiger partial charge in [-0.1, -0.05) is 0 Å². The second kappa shape index (κ2) is 3.51. The first-order chi connectivity index (χ1) is 5.27. The number of aliphatic hydroxyl groups is 2. The molecule has 0 saturated carbocycles. The van der Waals surface area contributed by atoms with E-state index in [1.54, 1.807) is 0 Å². The average molecular weight is 160 g/mol. The number of guanidine groups is 1. The standard InChI is InChI=1S/C5H12N4O2/c6-9-5-7-1-4(11)3(2-10)8-5/h3-4,10-11H,1-2,6H2,(H2,7,8,9)/t3-,4+/m1/s1. The summed E-state index contributed by atoms with van der Waals surface area (Å²) in [7, 11) is 0. The highest BCUT2D eigenvalue weighted by molar-refractivity contribution is 5.80. The van der Waals surface area contributed by atoms with Crippen LogP contribution in [0.15, 0.2) is 4.99 Å². The first-order valence-electron chi connectivity index (χ1n) is 3.34. The predicted molar refractivity (Wildman–Crippen MR) is 39.6 cm³/mol. The number of hydrogen-bond acceptors (Lipinski definition) is 6. The van der Waals surface area contributed by atoms with E-state index in [9.17, 15) is 5.11 Å². The Balaban J connectivity index is 2.53. The lowest BCUT2D eigenvalue weighted by molar-refractivity contribution is 0.0998. The summed E-state index contributed by atoms with van der Waals surface area (Å²) in [6.45, 7) is 0.125. The molecule has 0 aromatic carbocycles. The van der Waals surface area contributed by atoms with E-state index >= 15 is 0 Å². The third-order valence-corrected chi connectivity index (χ3v) is 1.56. The van der Waals surface area contributed by atoms with E-state index in [0.717, 1.165) is 0 Å². The van der Waals surface area contributed by atoms with Gasteiger partial charge in [-0.2, -0.15) is 0 Å². The van der Waals surface area contributed by atoms with Gasteiger partial charge < -0.3 is 15.5 Å². The fraction of sp³-hybridized carbons (Fsp3) is 0.800. The van der Waals surface area contributed by atoms with Crippen molar-refractivity contribution >= 4 is 5.96 Å². The normalized spacial score (nSPS) is 30.6. The molecule has 1 heterocycles. The monoisotopic (exact) mass is 160 g/mol. The highest BCUT2D eigenvalue weighted by Crippen LogP contribution is 1.98. The molecule has 0 radical (unpaired) electrons. The molecule has 6 nitrogen and oxygen atoms in total. The summed E-state index contributed by atoms with van der Waals surface area (Å²) in [5.41, 5.74) is 2.31. The van der Waals surface area contributed by atoms with Gasteiger partial charge in [0.2, 0.25) is 5.96 Å². The molecule has 1 aliphatic rings. The summed E-state index contributed by atoms with van der Waals surface area (Å²) >= 11 is 0.